The van der Waals surface area contributed by atoms with Crippen molar-refractivity contribution in [2.75, 3.05) is 27.2 Å². The number of aryl methyl sites for hydroxylation is 1. The summed E-state index contributed by atoms with van der Waals surface area (Å²) in [4.78, 5) is 4.22. The summed E-state index contributed by atoms with van der Waals surface area (Å²) in [5.74, 6) is 0.783. The molecule has 0 spiro atoms. The number of hydrogen-bond acceptors (Lipinski definition) is 3. The van der Waals surface area contributed by atoms with Gasteiger partial charge in [-0.05, 0) is 17.9 Å². The van der Waals surface area contributed by atoms with Crippen molar-refractivity contribution < 1.29 is 4.74 Å². The van der Waals surface area contributed by atoms with Crippen LogP contribution in [0.5, 0.6) is 0 Å². The van der Waals surface area contributed by atoms with Gasteiger partial charge in [0, 0.05) is 33.4 Å². The highest BCUT2D eigenvalue weighted by Crippen LogP contribution is 2.20. The van der Waals surface area contributed by atoms with Crippen molar-refractivity contribution in [2.24, 2.45) is 10.4 Å². The fourth-order valence-corrected chi connectivity index (χ4v) is 2.03. The molecular weight excluding hydrogens is 266 g/mol. The zero-order valence-electron chi connectivity index (χ0n) is 14.1. The SMILES string of the molecule is CN=C(NCCn1cc(C)cn1)NCC(OC)C(C)(C)C. The van der Waals surface area contributed by atoms with E-state index in [2.05, 4.69) is 41.5 Å². The highest BCUT2D eigenvalue weighted by Gasteiger charge is 2.24. The first-order valence-electron chi connectivity index (χ1n) is 7.33. The van der Waals surface area contributed by atoms with Crippen molar-refractivity contribution in [3.05, 3.63) is 18.0 Å². The third-order valence-electron chi connectivity index (χ3n) is 3.32. The second-order valence-corrected chi connectivity index (χ2v) is 6.25. The largest absolute Gasteiger partial charge is 0.379 e. The van der Waals surface area contributed by atoms with E-state index in [0.717, 1.165) is 25.6 Å². The number of rotatable bonds is 6. The van der Waals surface area contributed by atoms with Crippen LogP contribution in [0.2, 0.25) is 0 Å². The van der Waals surface area contributed by atoms with Gasteiger partial charge < -0.3 is 15.4 Å². The Bertz CT molecular complexity index is 447. The number of guanidine groups is 1. The summed E-state index contributed by atoms with van der Waals surface area (Å²) < 4.78 is 7.45. The minimum atomic E-state index is 0.0905. The highest BCUT2D eigenvalue weighted by molar-refractivity contribution is 5.79. The van der Waals surface area contributed by atoms with E-state index in [0.29, 0.717) is 0 Å². The Morgan fingerprint density at radius 3 is 2.62 bits per heavy atom. The Hall–Kier alpha value is -1.56. The normalized spacial score (nSPS) is 14.1. The molecule has 1 atom stereocenters. The van der Waals surface area contributed by atoms with Crippen LogP contribution >= 0.6 is 0 Å². The Balaban J connectivity index is 2.35. The average molecular weight is 295 g/mol. The van der Waals surface area contributed by atoms with E-state index in [1.54, 1.807) is 14.2 Å². The summed E-state index contributed by atoms with van der Waals surface area (Å²) >= 11 is 0. The van der Waals surface area contributed by atoms with E-state index in [4.69, 9.17) is 4.74 Å². The van der Waals surface area contributed by atoms with Crippen molar-refractivity contribution in [1.82, 2.24) is 20.4 Å². The third-order valence-corrected chi connectivity index (χ3v) is 3.32. The molecule has 1 aromatic heterocycles. The molecule has 0 aromatic carbocycles. The zero-order valence-corrected chi connectivity index (χ0v) is 14.1. The van der Waals surface area contributed by atoms with Crippen LogP contribution in [-0.2, 0) is 11.3 Å². The minimum Gasteiger partial charge on any atom is -0.379 e. The van der Waals surface area contributed by atoms with Crippen molar-refractivity contribution in [3.8, 4) is 0 Å². The number of nitrogens with one attached hydrogen (secondary N) is 2. The van der Waals surface area contributed by atoms with E-state index in [1.165, 1.54) is 5.56 Å². The molecule has 1 aromatic rings. The monoisotopic (exact) mass is 295 g/mol. The van der Waals surface area contributed by atoms with Crippen molar-refractivity contribution in [2.45, 2.75) is 40.3 Å². The topological polar surface area (TPSA) is 63.5 Å². The van der Waals surface area contributed by atoms with Gasteiger partial charge in [-0.25, -0.2) is 0 Å². The lowest BCUT2D eigenvalue weighted by Crippen LogP contribution is -2.45. The first-order valence-corrected chi connectivity index (χ1v) is 7.33. The second kappa shape index (κ2) is 8.02. The van der Waals surface area contributed by atoms with Crippen LogP contribution in [0.3, 0.4) is 0 Å². The molecule has 6 nitrogen and oxygen atoms in total. The Kier molecular flexibility index (Phi) is 6.68. The van der Waals surface area contributed by atoms with Crippen molar-refractivity contribution in [1.29, 1.82) is 0 Å². The summed E-state index contributed by atoms with van der Waals surface area (Å²) in [6.07, 6.45) is 4.02. The molecule has 0 fully saturated rings. The Morgan fingerprint density at radius 2 is 2.14 bits per heavy atom. The summed E-state index contributed by atoms with van der Waals surface area (Å²) in [5, 5.41) is 10.8. The molecule has 0 aliphatic carbocycles. The summed E-state index contributed by atoms with van der Waals surface area (Å²) in [6, 6.07) is 0. The van der Waals surface area contributed by atoms with E-state index < -0.39 is 0 Å². The summed E-state index contributed by atoms with van der Waals surface area (Å²) in [5.41, 5.74) is 1.26. The van der Waals surface area contributed by atoms with Crippen LogP contribution in [0.4, 0.5) is 0 Å². The van der Waals surface area contributed by atoms with Crippen LogP contribution in [0.15, 0.2) is 17.4 Å². The maximum atomic E-state index is 5.53. The van der Waals surface area contributed by atoms with Gasteiger partial charge in [-0.15, -0.1) is 0 Å². The fourth-order valence-electron chi connectivity index (χ4n) is 2.03. The zero-order chi connectivity index (χ0) is 15.9. The highest BCUT2D eigenvalue weighted by atomic mass is 16.5. The molecule has 0 saturated carbocycles. The Morgan fingerprint density at radius 1 is 1.43 bits per heavy atom. The molecule has 0 radical (unpaired) electrons. The third kappa shape index (κ3) is 6.16. The van der Waals surface area contributed by atoms with Crippen molar-refractivity contribution >= 4 is 5.96 Å². The molecule has 2 N–H and O–H groups in total. The number of ether oxygens (including phenoxy) is 1. The average Bonchev–Trinajstić information content (AvgIpc) is 2.81. The van der Waals surface area contributed by atoms with E-state index in [1.807, 2.05) is 24.0 Å². The predicted octanol–water partition coefficient (Wildman–Crippen LogP) is 1.42. The number of hydrogen-bond donors (Lipinski definition) is 2. The van der Waals surface area contributed by atoms with Gasteiger partial charge in [0.05, 0.1) is 18.8 Å². The first kappa shape index (κ1) is 17.5. The fraction of sp³-hybridized carbons (Fsp3) is 0.733. The molecule has 6 heteroatoms. The van der Waals surface area contributed by atoms with Crippen LogP contribution in [-0.4, -0.2) is 49.1 Å². The molecule has 0 amide bonds. The lowest BCUT2D eigenvalue weighted by molar-refractivity contribution is 0.0205. The quantitative estimate of drug-likeness (QED) is 0.615. The van der Waals surface area contributed by atoms with Crippen LogP contribution in [0.25, 0.3) is 0 Å². The molecular formula is C15H29N5O. The number of aromatic nitrogens is 2. The van der Waals surface area contributed by atoms with Crippen LogP contribution < -0.4 is 10.6 Å². The minimum absolute atomic E-state index is 0.0905. The Labute approximate surface area is 128 Å². The molecule has 0 bridgehead atoms. The lowest BCUT2D eigenvalue weighted by atomic mass is 9.89. The second-order valence-electron chi connectivity index (χ2n) is 6.25. The van der Waals surface area contributed by atoms with Gasteiger partial charge in [0.25, 0.3) is 0 Å². The van der Waals surface area contributed by atoms with Gasteiger partial charge >= 0.3 is 0 Å². The van der Waals surface area contributed by atoms with Gasteiger partial charge in [0.1, 0.15) is 0 Å². The molecule has 0 aliphatic rings. The van der Waals surface area contributed by atoms with E-state index >= 15 is 0 Å². The van der Waals surface area contributed by atoms with Gasteiger partial charge in [0.2, 0.25) is 0 Å². The van der Waals surface area contributed by atoms with Gasteiger partial charge in [-0.1, -0.05) is 20.8 Å². The predicted molar refractivity (Wildman–Crippen MR) is 86.6 cm³/mol. The van der Waals surface area contributed by atoms with Crippen LogP contribution in [0, 0.1) is 12.3 Å². The van der Waals surface area contributed by atoms with Gasteiger partial charge in [-0.2, -0.15) is 5.10 Å². The molecule has 1 unspecified atom stereocenters. The van der Waals surface area contributed by atoms with Gasteiger partial charge in [0.15, 0.2) is 5.96 Å². The number of aliphatic imine (C=N–C) groups is 1. The molecule has 120 valence electrons. The molecule has 0 saturated heterocycles. The first-order chi connectivity index (χ1) is 9.86. The van der Waals surface area contributed by atoms with E-state index in [-0.39, 0.29) is 11.5 Å². The molecule has 1 heterocycles. The van der Waals surface area contributed by atoms with Crippen LogP contribution in [0.1, 0.15) is 26.3 Å². The van der Waals surface area contributed by atoms with Gasteiger partial charge in [-0.3, -0.25) is 9.67 Å². The molecule has 21 heavy (non-hydrogen) atoms. The summed E-state index contributed by atoms with van der Waals surface area (Å²) in [7, 11) is 3.51. The smallest absolute Gasteiger partial charge is 0.191 e. The molecule has 0 aliphatic heterocycles. The lowest BCUT2D eigenvalue weighted by Gasteiger charge is -2.30. The number of methoxy groups -OCH3 is 1. The van der Waals surface area contributed by atoms with E-state index in [9.17, 15) is 0 Å². The standard InChI is InChI=1S/C15H29N5O/c1-12-9-19-20(11-12)8-7-17-14(16-5)18-10-13(21-6)15(2,3)4/h9,11,13H,7-8,10H2,1-6H3,(H2,16,17,18). The number of nitrogens with zero attached hydrogens (tertiary/aromatic N) is 3. The maximum absolute atomic E-state index is 5.53. The summed E-state index contributed by atoms with van der Waals surface area (Å²) in [6.45, 7) is 10.8. The molecule has 1 rings (SSSR count). The van der Waals surface area contributed by atoms with Crippen molar-refractivity contribution in [3.63, 3.8) is 0 Å². The maximum Gasteiger partial charge on any atom is 0.191 e.